The maximum atomic E-state index is 10.2. The summed E-state index contributed by atoms with van der Waals surface area (Å²) in [4.78, 5) is 2.55. The van der Waals surface area contributed by atoms with Crippen LogP contribution in [0.1, 0.15) is 50.2 Å². The molecular weight excluding hydrogens is 302 g/mol. The zero-order valence-corrected chi connectivity index (χ0v) is 13.5. The predicted octanol–water partition coefficient (Wildman–Crippen LogP) is 4.62. The zero-order chi connectivity index (χ0) is 13.8. The van der Waals surface area contributed by atoms with Crippen LogP contribution < -0.4 is 0 Å². The Hall–Kier alpha value is -0.540. The molecule has 106 valence electrons. The first kappa shape index (κ1) is 14.9. The Labute approximate surface area is 124 Å². The van der Waals surface area contributed by atoms with Crippen molar-refractivity contribution in [3.63, 3.8) is 0 Å². The quantitative estimate of drug-likeness (QED) is 0.876. The number of halogens is 1. The number of aryl methyl sites for hydroxylation is 1. The summed E-state index contributed by atoms with van der Waals surface area (Å²) in [7, 11) is 0. The molecule has 19 heavy (non-hydrogen) atoms. The highest BCUT2D eigenvalue weighted by molar-refractivity contribution is 9.10. The summed E-state index contributed by atoms with van der Waals surface area (Å²) in [6.45, 7) is 6.26. The summed E-state index contributed by atoms with van der Waals surface area (Å²) in [5.74, 6) is 0.460. The summed E-state index contributed by atoms with van der Waals surface area (Å²) in [5, 5.41) is 10.2. The van der Waals surface area contributed by atoms with Crippen LogP contribution in [0.25, 0.3) is 0 Å². The molecule has 1 aliphatic heterocycles. The van der Waals surface area contributed by atoms with Gasteiger partial charge in [0.05, 0.1) is 0 Å². The third-order valence-corrected chi connectivity index (χ3v) is 4.65. The Morgan fingerprint density at radius 1 is 1.32 bits per heavy atom. The molecule has 1 aromatic carbocycles. The molecule has 3 heteroatoms. The van der Waals surface area contributed by atoms with E-state index in [4.69, 9.17) is 0 Å². The molecule has 0 radical (unpaired) electrons. The minimum atomic E-state index is 0.460. The number of aromatic hydroxyl groups is 1. The monoisotopic (exact) mass is 325 g/mol. The second-order valence-electron chi connectivity index (χ2n) is 5.61. The van der Waals surface area contributed by atoms with Crippen LogP contribution in [0.3, 0.4) is 0 Å². The highest BCUT2D eigenvalue weighted by atomic mass is 79.9. The Morgan fingerprint density at radius 3 is 2.84 bits per heavy atom. The molecule has 1 heterocycles. The third kappa shape index (κ3) is 3.73. The molecule has 0 spiro atoms. The SMILES string of the molecule is CCC1CCCCCN1Cc1cc(Br)cc(C)c1O. The molecule has 1 aliphatic rings. The van der Waals surface area contributed by atoms with Gasteiger partial charge in [-0.3, -0.25) is 4.90 Å². The first-order valence-corrected chi connectivity index (χ1v) is 8.13. The number of phenolic OH excluding ortho intramolecular Hbond substituents is 1. The van der Waals surface area contributed by atoms with Crippen molar-refractivity contribution in [1.29, 1.82) is 0 Å². The van der Waals surface area contributed by atoms with Crippen LogP contribution in [0.2, 0.25) is 0 Å². The Balaban J connectivity index is 2.18. The highest BCUT2D eigenvalue weighted by Crippen LogP contribution is 2.30. The highest BCUT2D eigenvalue weighted by Gasteiger charge is 2.20. The van der Waals surface area contributed by atoms with Crippen molar-refractivity contribution in [3.05, 3.63) is 27.7 Å². The van der Waals surface area contributed by atoms with E-state index in [-0.39, 0.29) is 0 Å². The van der Waals surface area contributed by atoms with Crippen molar-refractivity contribution in [2.45, 2.75) is 58.5 Å². The third-order valence-electron chi connectivity index (χ3n) is 4.19. The van der Waals surface area contributed by atoms with Gasteiger partial charge in [-0.15, -0.1) is 0 Å². The summed E-state index contributed by atoms with van der Waals surface area (Å²) in [6, 6.07) is 4.69. The molecule has 0 bridgehead atoms. The fourth-order valence-electron chi connectivity index (χ4n) is 3.05. The Kier molecular flexibility index (Phi) is 5.28. The molecule has 2 rings (SSSR count). The van der Waals surface area contributed by atoms with Crippen molar-refractivity contribution in [1.82, 2.24) is 4.90 Å². The minimum absolute atomic E-state index is 0.460. The number of phenols is 1. The van der Waals surface area contributed by atoms with Gasteiger partial charge >= 0.3 is 0 Å². The molecule has 1 atom stereocenters. The predicted molar refractivity (Wildman–Crippen MR) is 83.5 cm³/mol. The van der Waals surface area contributed by atoms with E-state index in [1.165, 1.54) is 32.1 Å². The summed E-state index contributed by atoms with van der Waals surface area (Å²) >= 11 is 3.53. The van der Waals surface area contributed by atoms with E-state index in [1.807, 2.05) is 13.0 Å². The minimum Gasteiger partial charge on any atom is -0.507 e. The molecule has 1 saturated heterocycles. The fraction of sp³-hybridized carbons (Fsp3) is 0.625. The van der Waals surface area contributed by atoms with E-state index in [1.54, 1.807) is 0 Å². The number of rotatable bonds is 3. The number of nitrogens with zero attached hydrogens (tertiary/aromatic N) is 1. The maximum absolute atomic E-state index is 10.2. The van der Waals surface area contributed by atoms with Gasteiger partial charge in [0.15, 0.2) is 0 Å². The molecule has 1 aromatic rings. The summed E-state index contributed by atoms with van der Waals surface area (Å²) in [5.41, 5.74) is 2.00. The van der Waals surface area contributed by atoms with Crippen molar-refractivity contribution >= 4 is 15.9 Å². The van der Waals surface area contributed by atoms with Crippen molar-refractivity contribution < 1.29 is 5.11 Å². The normalized spacial score (nSPS) is 21.3. The molecule has 1 N–H and O–H groups in total. The maximum Gasteiger partial charge on any atom is 0.123 e. The Bertz CT molecular complexity index is 433. The molecule has 0 aliphatic carbocycles. The van der Waals surface area contributed by atoms with Crippen molar-refractivity contribution in [2.24, 2.45) is 0 Å². The van der Waals surface area contributed by atoms with Gasteiger partial charge in [0, 0.05) is 22.6 Å². The van der Waals surface area contributed by atoms with E-state index in [2.05, 4.69) is 33.8 Å². The molecule has 2 nitrogen and oxygen atoms in total. The van der Waals surface area contributed by atoms with Crippen LogP contribution in [-0.4, -0.2) is 22.6 Å². The average Bonchev–Trinajstić information content (AvgIpc) is 2.60. The van der Waals surface area contributed by atoms with Crippen LogP contribution in [0, 0.1) is 6.92 Å². The lowest BCUT2D eigenvalue weighted by molar-refractivity contribution is 0.184. The van der Waals surface area contributed by atoms with E-state index in [0.29, 0.717) is 11.8 Å². The largest absolute Gasteiger partial charge is 0.507 e. The smallest absolute Gasteiger partial charge is 0.123 e. The van der Waals surface area contributed by atoms with Crippen LogP contribution in [0.4, 0.5) is 0 Å². The first-order chi connectivity index (χ1) is 9.11. The average molecular weight is 326 g/mol. The van der Waals surface area contributed by atoms with Crippen LogP contribution in [0.15, 0.2) is 16.6 Å². The van der Waals surface area contributed by atoms with Gasteiger partial charge in [0.2, 0.25) is 0 Å². The topological polar surface area (TPSA) is 23.5 Å². The van der Waals surface area contributed by atoms with Gasteiger partial charge in [-0.2, -0.15) is 0 Å². The zero-order valence-electron chi connectivity index (χ0n) is 12.0. The van der Waals surface area contributed by atoms with Crippen LogP contribution >= 0.6 is 15.9 Å². The van der Waals surface area contributed by atoms with Gasteiger partial charge in [0.25, 0.3) is 0 Å². The van der Waals surface area contributed by atoms with E-state index >= 15 is 0 Å². The summed E-state index contributed by atoms with van der Waals surface area (Å²) < 4.78 is 1.06. The summed E-state index contributed by atoms with van der Waals surface area (Å²) in [6.07, 6.45) is 6.47. The fourth-order valence-corrected chi connectivity index (χ4v) is 3.67. The second kappa shape index (κ2) is 6.76. The molecule has 0 saturated carbocycles. The van der Waals surface area contributed by atoms with Gasteiger partial charge in [-0.25, -0.2) is 0 Å². The van der Waals surface area contributed by atoms with Gasteiger partial charge < -0.3 is 5.11 Å². The number of likely N-dealkylation sites (tertiary alicyclic amines) is 1. The molecular formula is C16H24BrNO. The van der Waals surface area contributed by atoms with Crippen molar-refractivity contribution in [2.75, 3.05) is 6.54 Å². The lowest BCUT2D eigenvalue weighted by atomic mass is 10.1. The van der Waals surface area contributed by atoms with Crippen LogP contribution in [0.5, 0.6) is 5.75 Å². The Morgan fingerprint density at radius 2 is 2.11 bits per heavy atom. The lowest BCUT2D eigenvalue weighted by Gasteiger charge is -2.29. The van der Waals surface area contributed by atoms with Gasteiger partial charge in [-0.05, 0) is 50.4 Å². The molecule has 0 amide bonds. The number of benzene rings is 1. The van der Waals surface area contributed by atoms with Gasteiger partial charge in [-0.1, -0.05) is 35.7 Å². The number of hydrogen-bond acceptors (Lipinski definition) is 2. The molecule has 0 aromatic heterocycles. The second-order valence-corrected chi connectivity index (χ2v) is 6.53. The van der Waals surface area contributed by atoms with E-state index in [9.17, 15) is 5.11 Å². The van der Waals surface area contributed by atoms with E-state index in [0.717, 1.165) is 28.7 Å². The molecule has 1 fully saturated rings. The molecule has 1 unspecified atom stereocenters. The van der Waals surface area contributed by atoms with Crippen molar-refractivity contribution in [3.8, 4) is 5.75 Å². The lowest BCUT2D eigenvalue weighted by Crippen LogP contribution is -2.33. The first-order valence-electron chi connectivity index (χ1n) is 7.34. The van der Waals surface area contributed by atoms with Gasteiger partial charge in [0.1, 0.15) is 5.75 Å². The standard InChI is InChI=1S/C16H24BrNO/c1-3-15-7-5-4-6-8-18(15)11-13-10-14(17)9-12(2)16(13)19/h9-10,15,19H,3-8,11H2,1-2H3. The van der Waals surface area contributed by atoms with E-state index < -0.39 is 0 Å². The number of hydrogen-bond donors (Lipinski definition) is 1. The van der Waals surface area contributed by atoms with Crippen LogP contribution in [-0.2, 0) is 6.54 Å².